The van der Waals surface area contributed by atoms with Gasteiger partial charge in [-0.1, -0.05) is 6.92 Å². The molecule has 126 valence electrons. The molecule has 1 heterocycles. The number of aromatic nitrogens is 1. The van der Waals surface area contributed by atoms with Crippen LogP contribution >= 0.6 is 0 Å². The molecule has 0 saturated heterocycles. The van der Waals surface area contributed by atoms with Crippen molar-refractivity contribution in [2.75, 3.05) is 0 Å². The standard InChI is InChI=1S/C16H22FNO4Si/c1-5-16(22-23(2,3)4)9-13(19)11(15(20)21)8-10-12(16)6-7-18-14(10)17/h6-7,11H,5,8-9H2,1-4H3,(H,20,21). The summed E-state index contributed by atoms with van der Waals surface area (Å²) >= 11 is 0. The van der Waals surface area contributed by atoms with Gasteiger partial charge in [-0.25, -0.2) is 4.98 Å². The molecule has 1 aromatic heterocycles. The summed E-state index contributed by atoms with van der Waals surface area (Å²) in [6.45, 7) is 7.85. The van der Waals surface area contributed by atoms with Gasteiger partial charge in [0.2, 0.25) is 5.95 Å². The number of aliphatic carboxylic acids is 1. The smallest absolute Gasteiger partial charge is 0.314 e. The number of carboxylic acids is 1. The molecule has 0 radical (unpaired) electrons. The van der Waals surface area contributed by atoms with Crippen molar-refractivity contribution in [3.8, 4) is 0 Å². The fourth-order valence-electron chi connectivity index (χ4n) is 3.20. The molecule has 0 aliphatic heterocycles. The van der Waals surface area contributed by atoms with Gasteiger partial charge in [0.1, 0.15) is 5.92 Å². The van der Waals surface area contributed by atoms with Crippen LogP contribution in [0.2, 0.25) is 19.6 Å². The molecule has 23 heavy (non-hydrogen) atoms. The average Bonchev–Trinajstić information content (AvgIpc) is 2.54. The first-order chi connectivity index (χ1) is 10.6. The third kappa shape index (κ3) is 3.50. The van der Waals surface area contributed by atoms with E-state index in [0.29, 0.717) is 12.0 Å². The van der Waals surface area contributed by atoms with Crippen molar-refractivity contribution in [1.82, 2.24) is 4.98 Å². The number of hydrogen-bond donors (Lipinski definition) is 1. The summed E-state index contributed by atoms with van der Waals surface area (Å²) < 4.78 is 20.6. The van der Waals surface area contributed by atoms with Crippen LogP contribution in [0.25, 0.3) is 0 Å². The maximum absolute atomic E-state index is 14.3. The maximum Gasteiger partial charge on any atom is 0.314 e. The Labute approximate surface area is 136 Å². The second kappa shape index (κ2) is 6.12. The normalized spacial score (nSPS) is 24.9. The van der Waals surface area contributed by atoms with Gasteiger partial charge in [-0.2, -0.15) is 4.39 Å². The fourth-order valence-corrected chi connectivity index (χ4v) is 4.69. The summed E-state index contributed by atoms with van der Waals surface area (Å²) in [4.78, 5) is 27.6. The molecule has 2 unspecified atom stereocenters. The molecule has 0 fully saturated rings. The first-order valence-electron chi connectivity index (χ1n) is 7.69. The molecule has 7 heteroatoms. The molecular formula is C16H22FNO4Si. The highest BCUT2D eigenvalue weighted by molar-refractivity contribution is 6.69. The zero-order valence-electron chi connectivity index (χ0n) is 13.9. The molecule has 2 atom stereocenters. The van der Waals surface area contributed by atoms with Gasteiger partial charge in [-0.05, 0) is 44.1 Å². The van der Waals surface area contributed by atoms with Crippen LogP contribution in [0.5, 0.6) is 0 Å². The van der Waals surface area contributed by atoms with Crippen molar-refractivity contribution in [3.63, 3.8) is 0 Å². The molecule has 0 spiro atoms. The van der Waals surface area contributed by atoms with E-state index >= 15 is 0 Å². The summed E-state index contributed by atoms with van der Waals surface area (Å²) in [7, 11) is -2.07. The van der Waals surface area contributed by atoms with Gasteiger partial charge in [0.25, 0.3) is 0 Å². The van der Waals surface area contributed by atoms with Gasteiger partial charge in [-0.3, -0.25) is 9.59 Å². The lowest BCUT2D eigenvalue weighted by Crippen LogP contribution is -2.42. The van der Waals surface area contributed by atoms with Crippen molar-refractivity contribution in [2.45, 2.75) is 51.4 Å². The number of halogens is 1. The Morgan fingerprint density at radius 2 is 2.17 bits per heavy atom. The second-order valence-electron chi connectivity index (χ2n) is 6.93. The molecule has 1 aliphatic rings. The van der Waals surface area contributed by atoms with Crippen molar-refractivity contribution >= 4 is 20.1 Å². The monoisotopic (exact) mass is 339 g/mol. The Hall–Kier alpha value is -1.60. The minimum atomic E-state index is -2.07. The quantitative estimate of drug-likeness (QED) is 0.395. The zero-order chi connectivity index (χ0) is 17.4. The number of carbonyl (C=O) groups excluding carboxylic acids is 1. The predicted octanol–water partition coefficient (Wildman–Crippen LogP) is 2.89. The van der Waals surface area contributed by atoms with E-state index < -0.39 is 37.5 Å². The molecule has 0 amide bonds. The van der Waals surface area contributed by atoms with E-state index in [2.05, 4.69) is 4.98 Å². The number of Topliss-reactive ketones (excluding diaryl/α,β-unsaturated/α-hetero) is 1. The van der Waals surface area contributed by atoms with Crippen LogP contribution in [0.3, 0.4) is 0 Å². The minimum absolute atomic E-state index is 0.0544. The highest BCUT2D eigenvalue weighted by Crippen LogP contribution is 2.42. The summed E-state index contributed by atoms with van der Waals surface area (Å²) in [5.74, 6) is -3.64. The topological polar surface area (TPSA) is 76.5 Å². The molecule has 1 aromatic rings. The third-order valence-electron chi connectivity index (χ3n) is 4.12. The fraction of sp³-hybridized carbons (Fsp3) is 0.562. The summed E-state index contributed by atoms with van der Waals surface area (Å²) in [6.07, 6.45) is 1.57. The minimum Gasteiger partial charge on any atom is -0.481 e. The molecule has 0 saturated carbocycles. The highest BCUT2D eigenvalue weighted by atomic mass is 28.4. The van der Waals surface area contributed by atoms with Crippen LogP contribution in [0.4, 0.5) is 4.39 Å². The van der Waals surface area contributed by atoms with Crippen molar-refractivity contribution in [3.05, 3.63) is 29.3 Å². The first-order valence-corrected chi connectivity index (χ1v) is 11.1. The van der Waals surface area contributed by atoms with Gasteiger partial charge in [-0.15, -0.1) is 0 Å². The Bertz CT molecular complexity index is 643. The highest BCUT2D eigenvalue weighted by Gasteiger charge is 2.46. The lowest BCUT2D eigenvalue weighted by molar-refractivity contribution is -0.147. The summed E-state index contributed by atoms with van der Waals surface area (Å²) in [6, 6.07) is 1.65. The first kappa shape index (κ1) is 17.7. The lowest BCUT2D eigenvalue weighted by atomic mass is 9.86. The number of hydrogen-bond acceptors (Lipinski definition) is 4. The number of ketones is 1. The van der Waals surface area contributed by atoms with E-state index in [1.807, 2.05) is 26.6 Å². The number of carbonyl (C=O) groups is 2. The predicted molar refractivity (Wildman–Crippen MR) is 85.0 cm³/mol. The summed E-state index contributed by atoms with van der Waals surface area (Å²) in [5, 5.41) is 9.33. The Balaban J connectivity index is 2.67. The number of pyridine rings is 1. The van der Waals surface area contributed by atoms with Gasteiger partial charge in [0.15, 0.2) is 14.1 Å². The molecular weight excluding hydrogens is 317 g/mol. The van der Waals surface area contributed by atoms with Gasteiger partial charge in [0, 0.05) is 18.2 Å². The Morgan fingerprint density at radius 1 is 1.52 bits per heavy atom. The van der Waals surface area contributed by atoms with Crippen LogP contribution in [0, 0.1) is 11.9 Å². The molecule has 5 nitrogen and oxygen atoms in total. The van der Waals surface area contributed by atoms with Crippen molar-refractivity contribution in [2.24, 2.45) is 5.92 Å². The zero-order valence-corrected chi connectivity index (χ0v) is 14.9. The summed E-state index contributed by atoms with van der Waals surface area (Å²) in [5.41, 5.74) is -0.233. The number of rotatable bonds is 4. The molecule has 0 aromatic carbocycles. The molecule has 1 N–H and O–H groups in total. The maximum atomic E-state index is 14.3. The molecule has 1 aliphatic carbocycles. The molecule has 2 rings (SSSR count). The van der Waals surface area contributed by atoms with Crippen molar-refractivity contribution < 1.29 is 23.5 Å². The van der Waals surface area contributed by atoms with Crippen LogP contribution in [-0.4, -0.2) is 30.2 Å². The number of carboxylic acid groups (broad SMARTS) is 1. The Morgan fingerprint density at radius 3 is 2.70 bits per heavy atom. The van der Waals surface area contributed by atoms with Gasteiger partial charge < -0.3 is 9.53 Å². The largest absolute Gasteiger partial charge is 0.481 e. The Kier molecular flexibility index (Phi) is 4.73. The average molecular weight is 339 g/mol. The van der Waals surface area contributed by atoms with Crippen LogP contribution in [0.15, 0.2) is 12.3 Å². The number of nitrogens with zero attached hydrogens (tertiary/aromatic N) is 1. The van der Waals surface area contributed by atoms with Crippen LogP contribution in [-0.2, 0) is 26.0 Å². The van der Waals surface area contributed by atoms with Gasteiger partial charge in [0.05, 0.1) is 5.60 Å². The van der Waals surface area contributed by atoms with E-state index in [4.69, 9.17) is 4.43 Å². The van der Waals surface area contributed by atoms with Crippen molar-refractivity contribution in [1.29, 1.82) is 0 Å². The van der Waals surface area contributed by atoms with E-state index in [0.717, 1.165) is 0 Å². The lowest BCUT2D eigenvalue weighted by Gasteiger charge is -2.39. The van der Waals surface area contributed by atoms with E-state index in [-0.39, 0.29) is 18.4 Å². The molecule has 0 bridgehead atoms. The van der Waals surface area contributed by atoms with E-state index in [9.17, 15) is 19.1 Å². The SMILES string of the molecule is CCC1(O[Si](C)(C)C)CC(=O)C(C(=O)O)Cc2c1ccnc2F. The number of fused-ring (bicyclic) bond motifs is 1. The van der Waals surface area contributed by atoms with Crippen LogP contribution in [0.1, 0.15) is 30.9 Å². The second-order valence-corrected chi connectivity index (χ2v) is 11.4. The van der Waals surface area contributed by atoms with Crippen LogP contribution < -0.4 is 0 Å². The van der Waals surface area contributed by atoms with E-state index in [1.54, 1.807) is 6.07 Å². The van der Waals surface area contributed by atoms with E-state index in [1.165, 1.54) is 6.20 Å². The third-order valence-corrected chi connectivity index (χ3v) is 5.12. The van der Waals surface area contributed by atoms with Gasteiger partial charge >= 0.3 is 5.97 Å².